The Bertz CT molecular complexity index is 311. The molecule has 0 saturated carbocycles. The molecule has 0 bridgehead atoms. The van der Waals surface area contributed by atoms with Gasteiger partial charge in [0.25, 0.3) is 0 Å². The summed E-state index contributed by atoms with van der Waals surface area (Å²) >= 11 is 0. The standard InChI is InChI=1S/C12H21N3O2/c1-12(4-6-13-7-5-12)8-14-11(17)9-2-3-10(16)15-9/h9,13H,2-8H2,1H3,(H,14,17)(H,15,16)/t9-/m0/s1. The Labute approximate surface area is 102 Å². The van der Waals surface area contributed by atoms with Gasteiger partial charge in [-0.2, -0.15) is 0 Å². The third-order valence-corrected chi connectivity index (χ3v) is 3.81. The Kier molecular flexibility index (Phi) is 3.66. The van der Waals surface area contributed by atoms with Gasteiger partial charge in [-0.1, -0.05) is 6.92 Å². The molecule has 2 saturated heterocycles. The molecule has 0 aliphatic carbocycles. The van der Waals surface area contributed by atoms with Gasteiger partial charge in [-0.15, -0.1) is 0 Å². The maximum absolute atomic E-state index is 11.8. The zero-order chi connectivity index (χ0) is 12.3. The summed E-state index contributed by atoms with van der Waals surface area (Å²) in [6, 6.07) is -0.312. The zero-order valence-electron chi connectivity index (χ0n) is 10.3. The molecule has 0 unspecified atom stereocenters. The molecule has 0 radical (unpaired) electrons. The van der Waals surface area contributed by atoms with E-state index in [1.54, 1.807) is 0 Å². The van der Waals surface area contributed by atoms with Gasteiger partial charge < -0.3 is 16.0 Å². The van der Waals surface area contributed by atoms with Crippen LogP contribution < -0.4 is 16.0 Å². The number of piperidine rings is 1. The molecule has 2 aliphatic rings. The highest BCUT2D eigenvalue weighted by atomic mass is 16.2. The summed E-state index contributed by atoms with van der Waals surface area (Å²) < 4.78 is 0. The summed E-state index contributed by atoms with van der Waals surface area (Å²) in [6.07, 6.45) is 3.27. The van der Waals surface area contributed by atoms with Gasteiger partial charge in [0.15, 0.2) is 0 Å². The molecule has 5 nitrogen and oxygen atoms in total. The Morgan fingerprint density at radius 3 is 2.76 bits per heavy atom. The van der Waals surface area contributed by atoms with Gasteiger partial charge in [-0.3, -0.25) is 9.59 Å². The van der Waals surface area contributed by atoms with Crippen molar-refractivity contribution >= 4 is 11.8 Å². The van der Waals surface area contributed by atoms with E-state index >= 15 is 0 Å². The zero-order valence-corrected chi connectivity index (χ0v) is 10.3. The SMILES string of the molecule is CC1(CNC(=O)[C@@H]2CCC(=O)N2)CCNCC1. The van der Waals surface area contributed by atoms with Gasteiger partial charge >= 0.3 is 0 Å². The average Bonchev–Trinajstić information content (AvgIpc) is 2.74. The van der Waals surface area contributed by atoms with E-state index in [0.717, 1.165) is 25.9 Å². The predicted octanol–water partition coefficient (Wildman–Crippen LogP) is -0.229. The number of nitrogens with one attached hydrogen (secondary N) is 3. The largest absolute Gasteiger partial charge is 0.354 e. The summed E-state index contributed by atoms with van der Waals surface area (Å²) in [5.41, 5.74) is 0.198. The number of hydrogen-bond donors (Lipinski definition) is 3. The fourth-order valence-corrected chi connectivity index (χ4v) is 2.44. The van der Waals surface area contributed by atoms with Crippen molar-refractivity contribution in [1.82, 2.24) is 16.0 Å². The first-order chi connectivity index (χ1) is 8.09. The lowest BCUT2D eigenvalue weighted by atomic mass is 9.81. The van der Waals surface area contributed by atoms with Crippen molar-refractivity contribution in [2.24, 2.45) is 5.41 Å². The van der Waals surface area contributed by atoms with Gasteiger partial charge in [0.1, 0.15) is 6.04 Å². The molecule has 17 heavy (non-hydrogen) atoms. The van der Waals surface area contributed by atoms with E-state index in [1.165, 1.54) is 0 Å². The van der Waals surface area contributed by atoms with Crippen LogP contribution in [0.3, 0.4) is 0 Å². The molecular formula is C12H21N3O2. The summed E-state index contributed by atoms with van der Waals surface area (Å²) in [7, 11) is 0. The van der Waals surface area contributed by atoms with Crippen molar-refractivity contribution in [3.63, 3.8) is 0 Å². The lowest BCUT2D eigenvalue weighted by Gasteiger charge is -2.34. The number of carbonyl (C=O) groups is 2. The Morgan fingerprint density at radius 2 is 2.18 bits per heavy atom. The molecule has 0 aromatic heterocycles. The van der Waals surface area contributed by atoms with Crippen molar-refractivity contribution in [3.05, 3.63) is 0 Å². The normalized spacial score (nSPS) is 27.6. The smallest absolute Gasteiger partial charge is 0.242 e. The third kappa shape index (κ3) is 3.19. The summed E-state index contributed by atoms with van der Waals surface area (Å²) in [4.78, 5) is 22.9. The maximum Gasteiger partial charge on any atom is 0.242 e. The van der Waals surface area contributed by atoms with E-state index in [2.05, 4.69) is 22.9 Å². The van der Waals surface area contributed by atoms with Crippen molar-refractivity contribution < 1.29 is 9.59 Å². The van der Waals surface area contributed by atoms with Gasteiger partial charge in [-0.25, -0.2) is 0 Å². The predicted molar refractivity (Wildman–Crippen MR) is 64.4 cm³/mol. The first-order valence-electron chi connectivity index (χ1n) is 6.37. The van der Waals surface area contributed by atoms with Crippen molar-refractivity contribution in [3.8, 4) is 0 Å². The fourth-order valence-electron chi connectivity index (χ4n) is 2.44. The number of hydrogen-bond acceptors (Lipinski definition) is 3. The van der Waals surface area contributed by atoms with Crippen molar-refractivity contribution in [2.75, 3.05) is 19.6 Å². The molecule has 0 aromatic carbocycles. The first kappa shape index (κ1) is 12.4. The first-order valence-corrected chi connectivity index (χ1v) is 6.37. The van der Waals surface area contributed by atoms with Crippen LogP contribution in [0.5, 0.6) is 0 Å². The highest BCUT2D eigenvalue weighted by Gasteiger charge is 2.30. The molecule has 2 aliphatic heterocycles. The molecule has 0 spiro atoms. The van der Waals surface area contributed by atoms with E-state index in [-0.39, 0.29) is 23.3 Å². The topological polar surface area (TPSA) is 70.2 Å². The minimum absolute atomic E-state index is 0.0155. The minimum Gasteiger partial charge on any atom is -0.354 e. The molecule has 2 amide bonds. The lowest BCUT2D eigenvalue weighted by molar-refractivity contribution is -0.126. The van der Waals surface area contributed by atoms with E-state index in [0.29, 0.717) is 19.4 Å². The van der Waals surface area contributed by atoms with Crippen LogP contribution >= 0.6 is 0 Å². The summed E-state index contributed by atoms with van der Waals surface area (Å²) in [6.45, 7) is 4.96. The molecule has 2 fully saturated rings. The van der Waals surface area contributed by atoms with Crippen LogP contribution in [0.4, 0.5) is 0 Å². The number of rotatable bonds is 3. The lowest BCUT2D eigenvalue weighted by Crippen LogP contribution is -2.47. The average molecular weight is 239 g/mol. The Hall–Kier alpha value is -1.10. The van der Waals surface area contributed by atoms with Crippen molar-refractivity contribution in [2.45, 2.75) is 38.6 Å². The molecule has 5 heteroatoms. The van der Waals surface area contributed by atoms with Gasteiger partial charge in [0.05, 0.1) is 0 Å². The number of amides is 2. The Balaban J connectivity index is 1.77. The second-order valence-corrected chi connectivity index (χ2v) is 5.44. The quantitative estimate of drug-likeness (QED) is 0.637. The fraction of sp³-hybridized carbons (Fsp3) is 0.833. The van der Waals surface area contributed by atoms with E-state index in [1.807, 2.05) is 0 Å². The molecule has 2 heterocycles. The van der Waals surface area contributed by atoms with Crippen LogP contribution in [-0.2, 0) is 9.59 Å². The highest BCUT2D eigenvalue weighted by Crippen LogP contribution is 2.26. The van der Waals surface area contributed by atoms with E-state index in [9.17, 15) is 9.59 Å². The monoisotopic (exact) mass is 239 g/mol. The van der Waals surface area contributed by atoms with Crippen LogP contribution in [0.25, 0.3) is 0 Å². The van der Waals surface area contributed by atoms with E-state index in [4.69, 9.17) is 0 Å². The maximum atomic E-state index is 11.8. The van der Waals surface area contributed by atoms with Crippen LogP contribution in [0.1, 0.15) is 32.6 Å². The van der Waals surface area contributed by atoms with E-state index < -0.39 is 0 Å². The van der Waals surface area contributed by atoms with Crippen LogP contribution in [0.2, 0.25) is 0 Å². The number of carbonyl (C=O) groups excluding carboxylic acids is 2. The molecule has 3 N–H and O–H groups in total. The molecule has 2 rings (SSSR count). The third-order valence-electron chi connectivity index (χ3n) is 3.81. The second kappa shape index (κ2) is 5.04. The molecule has 1 atom stereocenters. The minimum atomic E-state index is -0.312. The van der Waals surface area contributed by atoms with Gasteiger partial charge in [0, 0.05) is 13.0 Å². The second-order valence-electron chi connectivity index (χ2n) is 5.44. The van der Waals surface area contributed by atoms with Crippen LogP contribution in [0.15, 0.2) is 0 Å². The summed E-state index contributed by atoms with van der Waals surface area (Å²) in [5, 5.41) is 8.98. The van der Waals surface area contributed by atoms with Crippen LogP contribution in [0, 0.1) is 5.41 Å². The Morgan fingerprint density at radius 1 is 1.47 bits per heavy atom. The van der Waals surface area contributed by atoms with Crippen molar-refractivity contribution in [1.29, 1.82) is 0 Å². The molecule has 96 valence electrons. The molecule has 0 aromatic rings. The van der Waals surface area contributed by atoms with Gasteiger partial charge in [-0.05, 0) is 37.8 Å². The summed E-state index contributed by atoms with van der Waals surface area (Å²) in [5.74, 6) is -0.0474. The van der Waals surface area contributed by atoms with Gasteiger partial charge in [0.2, 0.25) is 11.8 Å². The highest BCUT2D eigenvalue weighted by molar-refractivity contribution is 5.90. The van der Waals surface area contributed by atoms with Crippen LogP contribution in [-0.4, -0.2) is 37.5 Å². The molecular weight excluding hydrogens is 218 g/mol.